The van der Waals surface area contributed by atoms with Crippen molar-refractivity contribution in [1.82, 2.24) is 4.98 Å². The Labute approximate surface area is 101 Å². The molecule has 0 amide bonds. The number of aromatic nitrogens is 1. The third kappa shape index (κ3) is 1.77. The molecule has 1 aromatic heterocycles. The predicted molar refractivity (Wildman–Crippen MR) is 62.9 cm³/mol. The Bertz CT molecular complexity index is 538. The second-order valence-electron chi connectivity index (χ2n) is 3.11. The fourth-order valence-electron chi connectivity index (χ4n) is 1.44. The lowest BCUT2D eigenvalue weighted by Gasteiger charge is -2.03. The lowest BCUT2D eigenvalue weighted by atomic mass is 10.1. The van der Waals surface area contributed by atoms with E-state index in [1.165, 1.54) is 0 Å². The highest BCUT2D eigenvalue weighted by atomic mass is 35.5. The van der Waals surface area contributed by atoms with E-state index in [4.69, 9.17) is 23.2 Å². The summed E-state index contributed by atoms with van der Waals surface area (Å²) >= 11 is 11.6. The molecule has 2 rings (SSSR count). The molecule has 0 unspecified atom stereocenters. The van der Waals surface area contributed by atoms with Crippen LogP contribution in [0.3, 0.4) is 0 Å². The molecule has 6 heteroatoms. The van der Waals surface area contributed by atoms with Gasteiger partial charge >= 0.3 is 0 Å². The Hall–Kier alpha value is -1.52. The summed E-state index contributed by atoms with van der Waals surface area (Å²) in [5.41, 5.74) is 0.972. The van der Waals surface area contributed by atoms with Crippen molar-refractivity contribution >= 4 is 28.9 Å². The van der Waals surface area contributed by atoms with Gasteiger partial charge in [-0.3, -0.25) is 10.1 Å². The summed E-state index contributed by atoms with van der Waals surface area (Å²) in [6, 6.07) is 4.85. The number of rotatable bonds is 2. The Morgan fingerprint density at radius 3 is 2.56 bits per heavy atom. The SMILES string of the molecule is O=[N+]([O-])c1c(-c2cc[nH]c2)ccc(Cl)c1Cl. The van der Waals surface area contributed by atoms with Gasteiger partial charge in [0.2, 0.25) is 0 Å². The van der Waals surface area contributed by atoms with Crippen LogP contribution in [-0.2, 0) is 0 Å². The second kappa shape index (κ2) is 4.15. The van der Waals surface area contributed by atoms with E-state index in [1.807, 2.05) is 0 Å². The van der Waals surface area contributed by atoms with Crippen molar-refractivity contribution < 1.29 is 4.92 Å². The van der Waals surface area contributed by atoms with Crippen LogP contribution in [0.2, 0.25) is 10.0 Å². The fraction of sp³-hybridized carbons (Fsp3) is 0. The van der Waals surface area contributed by atoms with Gasteiger partial charge < -0.3 is 4.98 Å². The first-order valence-corrected chi connectivity index (χ1v) is 5.12. The monoisotopic (exact) mass is 256 g/mol. The number of nitro groups is 1. The van der Waals surface area contributed by atoms with Gasteiger partial charge in [-0.05, 0) is 18.2 Å². The molecule has 0 bridgehead atoms. The Morgan fingerprint density at radius 1 is 1.25 bits per heavy atom. The summed E-state index contributed by atoms with van der Waals surface area (Å²) in [6.07, 6.45) is 3.34. The average molecular weight is 257 g/mol. The van der Waals surface area contributed by atoms with E-state index in [9.17, 15) is 10.1 Å². The molecular formula is C10H6Cl2N2O2. The first kappa shape index (κ1) is 11.0. The highest BCUT2D eigenvalue weighted by molar-refractivity contribution is 6.43. The third-order valence-electron chi connectivity index (χ3n) is 2.16. The number of hydrogen-bond acceptors (Lipinski definition) is 2. The van der Waals surface area contributed by atoms with E-state index in [-0.39, 0.29) is 15.7 Å². The molecule has 0 radical (unpaired) electrons. The number of nitrogens with zero attached hydrogens (tertiary/aromatic N) is 1. The van der Waals surface area contributed by atoms with E-state index in [0.717, 1.165) is 0 Å². The molecule has 16 heavy (non-hydrogen) atoms. The van der Waals surface area contributed by atoms with Crippen molar-refractivity contribution in [2.24, 2.45) is 0 Å². The molecule has 2 aromatic rings. The molecule has 1 N–H and O–H groups in total. The van der Waals surface area contributed by atoms with Crippen LogP contribution in [0.15, 0.2) is 30.6 Å². The average Bonchev–Trinajstić information content (AvgIpc) is 2.74. The number of nitrogens with one attached hydrogen (secondary N) is 1. The number of hydrogen-bond donors (Lipinski definition) is 1. The zero-order chi connectivity index (χ0) is 11.7. The van der Waals surface area contributed by atoms with Gasteiger partial charge in [-0.15, -0.1) is 0 Å². The minimum Gasteiger partial charge on any atom is -0.367 e. The standard InChI is InChI=1S/C10H6Cl2N2O2/c11-8-2-1-7(6-3-4-13-5-6)10(9(8)12)14(15)16/h1-5,13H. The number of aromatic amines is 1. The molecule has 1 heterocycles. The van der Waals surface area contributed by atoms with Crippen molar-refractivity contribution in [3.8, 4) is 11.1 Å². The molecule has 0 spiro atoms. The predicted octanol–water partition coefficient (Wildman–Crippen LogP) is 3.90. The van der Waals surface area contributed by atoms with Gasteiger partial charge in [0.05, 0.1) is 15.5 Å². The maximum Gasteiger partial charge on any atom is 0.297 e. The van der Waals surface area contributed by atoms with E-state index in [0.29, 0.717) is 11.1 Å². The lowest BCUT2D eigenvalue weighted by Crippen LogP contribution is -1.93. The Balaban J connectivity index is 2.71. The Morgan fingerprint density at radius 2 is 2.00 bits per heavy atom. The number of benzene rings is 1. The van der Waals surface area contributed by atoms with Crippen LogP contribution in [0.1, 0.15) is 0 Å². The second-order valence-corrected chi connectivity index (χ2v) is 3.90. The van der Waals surface area contributed by atoms with Crippen LogP contribution in [-0.4, -0.2) is 9.91 Å². The maximum atomic E-state index is 10.9. The molecule has 1 aromatic carbocycles. The van der Waals surface area contributed by atoms with Crippen molar-refractivity contribution in [1.29, 1.82) is 0 Å². The summed E-state index contributed by atoms with van der Waals surface area (Å²) < 4.78 is 0. The van der Waals surface area contributed by atoms with Crippen molar-refractivity contribution in [2.45, 2.75) is 0 Å². The minimum atomic E-state index is -0.531. The van der Waals surface area contributed by atoms with Crippen LogP contribution < -0.4 is 0 Å². The third-order valence-corrected chi connectivity index (χ3v) is 2.95. The van der Waals surface area contributed by atoms with E-state index in [2.05, 4.69) is 4.98 Å². The first-order valence-electron chi connectivity index (χ1n) is 4.37. The van der Waals surface area contributed by atoms with E-state index < -0.39 is 4.92 Å². The smallest absolute Gasteiger partial charge is 0.297 e. The minimum absolute atomic E-state index is 0.0367. The summed E-state index contributed by atoms with van der Waals surface area (Å²) in [5, 5.41) is 11.1. The molecule has 0 saturated heterocycles. The zero-order valence-corrected chi connectivity index (χ0v) is 9.42. The lowest BCUT2D eigenvalue weighted by molar-refractivity contribution is -0.384. The maximum absolute atomic E-state index is 10.9. The molecule has 82 valence electrons. The van der Waals surface area contributed by atoms with Crippen LogP contribution >= 0.6 is 23.2 Å². The van der Waals surface area contributed by atoms with E-state index in [1.54, 1.807) is 30.6 Å². The summed E-state index contributed by atoms with van der Waals surface area (Å²) in [6.45, 7) is 0. The number of halogens is 2. The summed E-state index contributed by atoms with van der Waals surface area (Å²) in [7, 11) is 0. The van der Waals surface area contributed by atoms with Gasteiger partial charge in [-0.2, -0.15) is 0 Å². The summed E-state index contributed by atoms with van der Waals surface area (Å²) in [5.74, 6) is 0. The molecule has 0 fully saturated rings. The van der Waals surface area contributed by atoms with Gasteiger partial charge in [-0.1, -0.05) is 23.2 Å². The van der Waals surface area contributed by atoms with Gasteiger partial charge in [0.15, 0.2) is 0 Å². The van der Waals surface area contributed by atoms with Crippen LogP contribution in [0, 0.1) is 10.1 Å². The van der Waals surface area contributed by atoms with Crippen molar-refractivity contribution in [3.05, 3.63) is 50.8 Å². The van der Waals surface area contributed by atoms with Gasteiger partial charge in [-0.25, -0.2) is 0 Å². The number of H-pyrrole nitrogens is 1. The molecule has 0 aliphatic carbocycles. The van der Waals surface area contributed by atoms with Gasteiger partial charge in [0.25, 0.3) is 5.69 Å². The quantitative estimate of drug-likeness (QED) is 0.655. The zero-order valence-electron chi connectivity index (χ0n) is 7.91. The molecular weight excluding hydrogens is 251 g/mol. The normalized spacial score (nSPS) is 10.4. The van der Waals surface area contributed by atoms with E-state index >= 15 is 0 Å². The highest BCUT2D eigenvalue weighted by Crippen LogP contribution is 2.39. The van der Waals surface area contributed by atoms with Crippen LogP contribution in [0.4, 0.5) is 5.69 Å². The van der Waals surface area contributed by atoms with Crippen LogP contribution in [0.25, 0.3) is 11.1 Å². The molecule has 4 nitrogen and oxygen atoms in total. The Kier molecular flexibility index (Phi) is 2.85. The first-order chi connectivity index (χ1) is 7.61. The number of nitro benzene ring substituents is 1. The van der Waals surface area contributed by atoms with Gasteiger partial charge in [0, 0.05) is 18.0 Å². The molecule has 0 atom stereocenters. The van der Waals surface area contributed by atoms with Gasteiger partial charge in [0.1, 0.15) is 5.02 Å². The highest BCUT2D eigenvalue weighted by Gasteiger charge is 2.22. The molecule has 0 saturated carbocycles. The topological polar surface area (TPSA) is 58.9 Å². The van der Waals surface area contributed by atoms with Crippen molar-refractivity contribution in [3.63, 3.8) is 0 Å². The molecule has 0 aliphatic heterocycles. The largest absolute Gasteiger partial charge is 0.367 e. The van der Waals surface area contributed by atoms with Crippen molar-refractivity contribution in [2.75, 3.05) is 0 Å². The van der Waals surface area contributed by atoms with Crippen LogP contribution in [0.5, 0.6) is 0 Å². The fourth-order valence-corrected chi connectivity index (χ4v) is 1.83. The summed E-state index contributed by atoms with van der Waals surface area (Å²) in [4.78, 5) is 13.2. The molecule has 0 aliphatic rings.